The van der Waals surface area contributed by atoms with Gasteiger partial charge in [0.15, 0.2) is 5.78 Å². The van der Waals surface area contributed by atoms with Crippen molar-refractivity contribution in [3.63, 3.8) is 0 Å². The molecule has 5 rings (SSSR count). The molecule has 0 saturated carbocycles. The first-order valence-corrected chi connectivity index (χ1v) is 9.78. The zero-order valence-corrected chi connectivity index (χ0v) is 16.2. The van der Waals surface area contributed by atoms with E-state index in [1.807, 2.05) is 31.2 Å². The molecule has 0 radical (unpaired) electrons. The Balaban J connectivity index is 1.76. The molecule has 2 fully saturated rings. The molecule has 1 aromatic carbocycles. The Bertz CT molecular complexity index is 1010. The summed E-state index contributed by atoms with van der Waals surface area (Å²) in [4.78, 5) is 32.1. The highest BCUT2D eigenvalue weighted by Crippen LogP contribution is 2.51. The fraction of sp³-hybridized carbons (Fsp3) is 0.455. The second-order valence-corrected chi connectivity index (χ2v) is 8.04. The summed E-state index contributed by atoms with van der Waals surface area (Å²) in [5, 5.41) is 1.06. The van der Waals surface area contributed by atoms with Gasteiger partial charge in [-0.2, -0.15) is 0 Å². The van der Waals surface area contributed by atoms with Crippen molar-refractivity contribution < 1.29 is 19.1 Å². The van der Waals surface area contributed by atoms with Crippen molar-refractivity contribution in [1.29, 1.82) is 0 Å². The van der Waals surface area contributed by atoms with Crippen molar-refractivity contribution >= 4 is 22.7 Å². The number of nitrogens with one attached hydrogen (secondary N) is 1. The second kappa shape index (κ2) is 6.29. The quantitative estimate of drug-likeness (QED) is 0.608. The lowest BCUT2D eigenvalue weighted by molar-refractivity contribution is -0.197. The first-order chi connectivity index (χ1) is 13.6. The van der Waals surface area contributed by atoms with Gasteiger partial charge < -0.3 is 14.5 Å². The molecule has 0 amide bonds. The summed E-state index contributed by atoms with van der Waals surface area (Å²) in [5.41, 5.74) is 2.92. The Morgan fingerprint density at radius 3 is 2.96 bits per heavy atom. The van der Waals surface area contributed by atoms with Gasteiger partial charge in [0.2, 0.25) is 0 Å². The summed E-state index contributed by atoms with van der Waals surface area (Å²) < 4.78 is 11.2. The minimum absolute atomic E-state index is 0.0521. The standard InChI is InChI=1S/C22H24N2O4/c1-3-13-10-24-12-28-11-22(21(26)27-2)16(13)9-18(25)20-15(8-19(22)24)14-6-4-5-7-17(14)23-20/h3-7,16,19,23H,8-12H2,1-2H3. The Labute approximate surface area is 163 Å². The third-order valence-electron chi connectivity index (χ3n) is 6.90. The number of carbonyl (C=O) groups is 2. The van der Waals surface area contributed by atoms with Gasteiger partial charge in [-0.3, -0.25) is 14.5 Å². The van der Waals surface area contributed by atoms with E-state index >= 15 is 0 Å². The number of ether oxygens (including phenoxy) is 2. The van der Waals surface area contributed by atoms with Crippen molar-refractivity contribution in [2.24, 2.45) is 11.3 Å². The van der Waals surface area contributed by atoms with Crippen LogP contribution in [0.2, 0.25) is 0 Å². The first kappa shape index (κ1) is 17.6. The number of nitrogens with zero attached hydrogens (tertiary/aromatic N) is 1. The number of benzene rings is 1. The van der Waals surface area contributed by atoms with Crippen molar-refractivity contribution in [1.82, 2.24) is 9.88 Å². The Kier molecular flexibility index (Phi) is 3.96. The number of H-pyrrole nitrogens is 1. The number of hydrogen-bond donors (Lipinski definition) is 1. The van der Waals surface area contributed by atoms with Crippen molar-refractivity contribution in [2.45, 2.75) is 25.8 Å². The lowest BCUT2D eigenvalue weighted by Gasteiger charge is -2.56. The molecule has 4 unspecified atom stereocenters. The second-order valence-electron chi connectivity index (χ2n) is 8.04. The number of allylic oxidation sites excluding steroid dienone is 1. The van der Waals surface area contributed by atoms with Gasteiger partial charge in [-0.05, 0) is 25.0 Å². The molecule has 1 N–H and O–H groups in total. The number of fused-ring (bicyclic) bond motifs is 3. The van der Waals surface area contributed by atoms with Gasteiger partial charge in [0.25, 0.3) is 0 Å². The molecular weight excluding hydrogens is 356 g/mol. The molecule has 1 aliphatic carbocycles. The molecule has 146 valence electrons. The molecule has 3 aliphatic rings. The van der Waals surface area contributed by atoms with Gasteiger partial charge in [0, 0.05) is 35.8 Å². The van der Waals surface area contributed by atoms with Crippen LogP contribution in [0.3, 0.4) is 0 Å². The predicted molar refractivity (Wildman–Crippen MR) is 104 cm³/mol. The number of esters is 1. The molecule has 2 saturated heterocycles. The van der Waals surface area contributed by atoms with E-state index < -0.39 is 5.41 Å². The third-order valence-corrected chi connectivity index (χ3v) is 6.90. The largest absolute Gasteiger partial charge is 0.468 e. The summed E-state index contributed by atoms with van der Waals surface area (Å²) in [6.45, 7) is 3.47. The highest BCUT2D eigenvalue weighted by molar-refractivity contribution is 6.03. The SMILES string of the molecule is CC=C1CN2COCC3(C(=O)OC)C1CC(=O)c1[nH]c4ccccc4c1CC23. The van der Waals surface area contributed by atoms with Crippen LogP contribution in [-0.2, 0) is 20.7 Å². The number of carbonyl (C=O) groups excluding carboxylic acids is 2. The van der Waals surface area contributed by atoms with Gasteiger partial charge >= 0.3 is 5.97 Å². The van der Waals surface area contributed by atoms with Crippen LogP contribution in [0.25, 0.3) is 10.9 Å². The lowest BCUT2D eigenvalue weighted by atomic mass is 9.59. The van der Waals surface area contributed by atoms with E-state index in [1.54, 1.807) is 0 Å². The average molecular weight is 380 g/mol. The zero-order chi connectivity index (χ0) is 19.5. The smallest absolute Gasteiger partial charge is 0.316 e. The van der Waals surface area contributed by atoms with Crippen LogP contribution in [0.15, 0.2) is 35.9 Å². The van der Waals surface area contributed by atoms with E-state index in [1.165, 1.54) is 7.11 Å². The normalized spacial score (nSPS) is 33.3. The van der Waals surface area contributed by atoms with Crippen LogP contribution in [0.5, 0.6) is 0 Å². The first-order valence-electron chi connectivity index (χ1n) is 9.78. The summed E-state index contributed by atoms with van der Waals surface area (Å²) in [5.74, 6) is -0.433. The third kappa shape index (κ3) is 2.22. The fourth-order valence-electron chi connectivity index (χ4n) is 5.58. The highest BCUT2D eigenvalue weighted by atomic mass is 16.5. The molecule has 6 nitrogen and oxygen atoms in total. The maximum absolute atomic E-state index is 13.3. The number of Topliss-reactive ketones (excluding diaryl/α,β-unsaturated/α-hetero) is 1. The molecule has 4 bridgehead atoms. The molecule has 4 atom stereocenters. The molecule has 28 heavy (non-hydrogen) atoms. The summed E-state index contributed by atoms with van der Waals surface area (Å²) in [6.07, 6.45) is 2.96. The van der Waals surface area contributed by atoms with Crippen LogP contribution in [0.1, 0.15) is 29.4 Å². The van der Waals surface area contributed by atoms with Gasteiger partial charge in [0.05, 0.1) is 26.1 Å². The fourth-order valence-corrected chi connectivity index (χ4v) is 5.58. The number of methoxy groups -OCH3 is 1. The Morgan fingerprint density at radius 2 is 2.18 bits per heavy atom. The maximum atomic E-state index is 13.3. The number of ketones is 1. The van der Waals surface area contributed by atoms with Gasteiger partial charge in [0.1, 0.15) is 5.41 Å². The van der Waals surface area contributed by atoms with Crippen molar-refractivity contribution in [3.8, 4) is 0 Å². The Morgan fingerprint density at radius 1 is 1.36 bits per heavy atom. The summed E-state index contributed by atoms with van der Waals surface area (Å²) in [6, 6.07) is 7.94. The number of aromatic nitrogens is 1. The van der Waals surface area contributed by atoms with Crippen LogP contribution in [-0.4, -0.2) is 54.7 Å². The predicted octanol–water partition coefficient (Wildman–Crippen LogP) is 2.69. The molecule has 3 heterocycles. The van der Waals surface area contributed by atoms with Crippen LogP contribution in [0, 0.1) is 11.3 Å². The lowest BCUT2D eigenvalue weighted by Crippen LogP contribution is -2.68. The molecule has 0 spiro atoms. The monoisotopic (exact) mass is 380 g/mol. The maximum Gasteiger partial charge on any atom is 0.316 e. The minimum Gasteiger partial charge on any atom is -0.468 e. The zero-order valence-electron chi connectivity index (χ0n) is 16.2. The van der Waals surface area contributed by atoms with E-state index in [0.29, 0.717) is 18.8 Å². The van der Waals surface area contributed by atoms with E-state index in [9.17, 15) is 9.59 Å². The number of aromatic amines is 1. The van der Waals surface area contributed by atoms with E-state index in [-0.39, 0.29) is 36.7 Å². The Hall–Kier alpha value is -2.44. The molecule has 1 aromatic heterocycles. The summed E-state index contributed by atoms with van der Waals surface area (Å²) in [7, 11) is 1.43. The highest BCUT2D eigenvalue weighted by Gasteiger charge is 2.61. The van der Waals surface area contributed by atoms with Crippen LogP contribution < -0.4 is 0 Å². The number of para-hydroxylation sites is 1. The minimum atomic E-state index is -0.862. The molecule has 2 aromatic rings. The van der Waals surface area contributed by atoms with E-state index in [4.69, 9.17) is 9.47 Å². The van der Waals surface area contributed by atoms with Crippen LogP contribution in [0.4, 0.5) is 0 Å². The number of rotatable bonds is 1. The van der Waals surface area contributed by atoms with Gasteiger partial charge in [-0.25, -0.2) is 0 Å². The molecule has 6 heteroatoms. The number of hydrogen-bond acceptors (Lipinski definition) is 5. The van der Waals surface area contributed by atoms with Crippen molar-refractivity contribution in [3.05, 3.63) is 47.2 Å². The topological polar surface area (TPSA) is 71.6 Å². The van der Waals surface area contributed by atoms with E-state index in [0.717, 1.165) is 28.6 Å². The van der Waals surface area contributed by atoms with Gasteiger partial charge in [-0.15, -0.1) is 0 Å². The molecule has 2 aliphatic heterocycles. The van der Waals surface area contributed by atoms with Crippen molar-refractivity contribution in [2.75, 3.05) is 27.0 Å². The number of piperidine rings is 1. The summed E-state index contributed by atoms with van der Waals surface area (Å²) >= 11 is 0. The average Bonchev–Trinajstić information content (AvgIpc) is 3.07. The molecular formula is C22H24N2O4. The van der Waals surface area contributed by atoms with Gasteiger partial charge in [-0.1, -0.05) is 29.8 Å². The van der Waals surface area contributed by atoms with E-state index in [2.05, 4.69) is 16.0 Å². The van der Waals surface area contributed by atoms with Crippen LogP contribution >= 0.6 is 0 Å².